The lowest BCUT2D eigenvalue weighted by Crippen LogP contribution is -2.11. The predicted molar refractivity (Wildman–Crippen MR) is 60.7 cm³/mol. The number of hydrogen-bond donors (Lipinski definition) is 1. The zero-order chi connectivity index (χ0) is 11.3. The fourth-order valence-electron chi connectivity index (χ4n) is 1.17. The van der Waals surface area contributed by atoms with E-state index in [2.05, 4.69) is 0 Å². The van der Waals surface area contributed by atoms with Crippen LogP contribution in [0.4, 0.5) is 0 Å². The van der Waals surface area contributed by atoms with Gasteiger partial charge in [-0.1, -0.05) is 18.2 Å². The number of allylic oxidation sites excluding steroid dienone is 1. The smallest absolute Gasteiger partial charge is 0.150 e. The van der Waals surface area contributed by atoms with E-state index >= 15 is 0 Å². The quantitative estimate of drug-likeness (QED) is 0.598. The summed E-state index contributed by atoms with van der Waals surface area (Å²) < 4.78 is 0. The van der Waals surface area contributed by atoms with Gasteiger partial charge in [-0.25, -0.2) is 0 Å². The molecule has 0 aliphatic carbocycles. The van der Waals surface area contributed by atoms with Gasteiger partial charge in [-0.15, -0.1) is 0 Å². The molecule has 80 valence electrons. The van der Waals surface area contributed by atoms with Crippen molar-refractivity contribution in [1.29, 1.82) is 0 Å². The molecule has 0 atom stereocenters. The Morgan fingerprint density at radius 3 is 2.40 bits per heavy atom. The highest BCUT2D eigenvalue weighted by molar-refractivity contribution is 6.06. The van der Waals surface area contributed by atoms with E-state index in [-0.39, 0.29) is 5.75 Å². The van der Waals surface area contributed by atoms with Gasteiger partial charge in [0.1, 0.15) is 12.0 Å². The van der Waals surface area contributed by atoms with Crippen LogP contribution in [0.15, 0.2) is 30.3 Å². The Kier molecular flexibility index (Phi) is 4.06. The van der Waals surface area contributed by atoms with Crippen molar-refractivity contribution in [3.05, 3.63) is 35.9 Å². The van der Waals surface area contributed by atoms with Gasteiger partial charge >= 0.3 is 0 Å². The van der Waals surface area contributed by atoms with Crippen LogP contribution in [0.1, 0.15) is 5.56 Å². The molecule has 1 rings (SSSR count). The van der Waals surface area contributed by atoms with Crippen LogP contribution in [0, 0.1) is 0 Å². The summed E-state index contributed by atoms with van der Waals surface area (Å²) in [6.07, 6.45) is 2.69. The van der Waals surface area contributed by atoms with Gasteiger partial charge in [0.05, 0.1) is 0 Å². The average Bonchev–Trinajstić information content (AvgIpc) is 2.21. The molecule has 15 heavy (non-hydrogen) atoms. The Morgan fingerprint density at radius 1 is 1.33 bits per heavy atom. The molecular formula is C12H15NO2. The molecule has 0 aliphatic heterocycles. The van der Waals surface area contributed by atoms with E-state index in [9.17, 15) is 4.79 Å². The number of carbonyl (C=O) groups is 1. The maximum Gasteiger partial charge on any atom is 0.150 e. The molecule has 0 bridgehead atoms. The van der Waals surface area contributed by atoms with Gasteiger partial charge in [-0.2, -0.15) is 0 Å². The molecule has 0 aliphatic rings. The number of phenolic OH excluding ortho intramolecular Hbond substituents is 1. The molecular weight excluding hydrogens is 190 g/mol. The van der Waals surface area contributed by atoms with Crippen LogP contribution < -0.4 is 0 Å². The molecule has 3 heteroatoms. The fraction of sp³-hybridized carbons (Fsp3) is 0.250. The number of phenols is 1. The minimum atomic E-state index is 0.205. The SMILES string of the molecule is CN(C)CC=C(C=O)c1ccc(O)cc1. The normalized spacial score (nSPS) is 11.8. The number of rotatable bonds is 4. The van der Waals surface area contributed by atoms with Gasteiger partial charge in [0.2, 0.25) is 0 Å². The first-order valence-corrected chi connectivity index (χ1v) is 4.73. The minimum absolute atomic E-state index is 0.205. The first kappa shape index (κ1) is 11.5. The molecule has 3 nitrogen and oxygen atoms in total. The van der Waals surface area contributed by atoms with Crippen molar-refractivity contribution in [2.45, 2.75) is 0 Å². The number of benzene rings is 1. The summed E-state index contributed by atoms with van der Waals surface area (Å²) in [5.41, 5.74) is 1.47. The van der Waals surface area contributed by atoms with Gasteiger partial charge in [-0.05, 0) is 31.8 Å². The van der Waals surface area contributed by atoms with Crippen LogP contribution in [-0.2, 0) is 4.79 Å². The Balaban J connectivity index is 2.87. The third-order valence-electron chi connectivity index (χ3n) is 2.00. The lowest BCUT2D eigenvalue weighted by atomic mass is 10.1. The van der Waals surface area contributed by atoms with Crippen LogP contribution in [-0.4, -0.2) is 36.9 Å². The number of carbonyl (C=O) groups excluding carboxylic acids is 1. The minimum Gasteiger partial charge on any atom is -0.508 e. The fourth-order valence-corrected chi connectivity index (χ4v) is 1.17. The zero-order valence-corrected chi connectivity index (χ0v) is 8.97. The first-order chi connectivity index (χ1) is 7.13. The monoisotopic (exact) mass is 205 g/mol. The van der Waals surface area contributed by atoms with Crippen molar-refractivity contribution in [2.75, 3.05) is 20.6 Å². The van der Waals surface area contributed by atoms with Crippen LogP contribution in [0.25, 0.3) is 5.57 Å². The summed E-state index contributed by atoms with van der Waals surface area (Å²) in [4.78, 5) is 12.8. The van der Waals surface area contributed by atoms with Crippen molar-refractivity contribution >= 4 is 11.9 Å². The second kappa shape index (κ2) is 5.32. The van der Waals surface area contributed by atoms with E-state index < -0.39 is 0 Å². The van der Waals surface area contributed by atoms with Crippen molar-refractivity contribution in [3.8, 4) is 5.75 Å². The maximum absolute atomic E-state index is 10.9. The molecule has 0 unspecified atom stereocenters. The lowest BCUT2D eigenvalue weighted by Gasteiger charge is -2.06. The highest BCUT2D eigenvalue weighted by Gasteiger charge is 1.99. The van der Waals surface area contributed by atoms with Crippen molar-refractivity contribution in [2.24, 2.45) is 0 Å². The summed E-state index contributed by atoms with van der Waals surface area (Å²) in [7, 11) is 3.88. The van der Waals surface area contributed by atoms with Crippen molar-refractivity contribution in [1.82, 2.24) is 4.90 Å². The average molecular weight is 205 g/mol. The third-order valence-corrected chi connectivity index (χ3v) is 2.00. The molecule has 1 aromatic carbocycles. The second-order valence-corrected chi connectivity index (χ2v) is 3.59. The summed E-state index contributed by atoms with van der Waals surface area (Å²) in [6, 6.07) is 6.60. The number of hydrogen-bond acceptors (Lipinski definition) is 3. The molecule has 0 radical (unpaired) electrons. The highest BCUT2D eigenvalue weighted by atomic mass is 16.3. The van der Waals surface area contributed by atoms with Gasteiger partial charge in [0.15, 0.2) is 0 Å². The molecule has 0 fully saturated rings. The van der Waals surface area contributed by atoms with E-state index in [4.69, 9.17) is 5.11 Å². The van der Waals surface area contributed by atoms with E-state index in [0.29, 0.717) is 5.57 Å². The molecule has 0 saturated heterocycles. The largest absolute Gasteiger partial charge is 0.508 e. The van der Waals surface area contributed by atoms with E-state index in [0.717, 1.165) is 18.4 Å². The molecule has 0 heterocycles. The molecule has 0 amide bonds. The molecule has 1 N–H and O–H groups in total. The Bertz CT molecular complexity index is 352. The third kappa shape index (κ3) is 3.56. The Hall–Kier alpha value is -1.61. The molecule has 0 saturated carbocycles. The van der Waals surface area contributed by atoms with E-state index in [1.54, 1.807) is 24.3 Å². The van der Waals surface area contributed by atoms with Crippen LogP contribution in [0.5, 0.6) is 5.75 Å². The van der Waals surface area contributed by atoms with Crippen molar-refractivity contribution in [3.63, 3.8) is 0 Å². The summed E-state index contributed by atoms with van der Waals surface area (Å²) >= 11 is 0. The standard InChI is InChI=1S/C12H15NO2/c1-13(2)8-7-11(9-14)10-3-5-12(15)6-4-10/h3-7,9,15H,8H2,1-2H3. The molecule has 0 aromatic heterocycles. The van der Waals surface area contributed by atoms with Crippen LogP contribution >= 0.6 is 0 Å². The summed E-state index contributed by atoms with van der Waals surface area (Å²) in [5, 5.41) is 9.11. The van der Waals surface area contributed by atoms with Gasteiger partial charge in [-0.3, -0.25) is 4.79 Å². The summed E-state index contributed by atoms with van der Waals surface area (Å²) in [6.45, 7) is 0.717. The van der Waals surface area contributed by atoms with E-state index in [1.165, 1.54) is 0 Å². The van der Waals surface area contributed by atoms with Gasteiger partial charge in [0, 0.05) is 12.1 Å². The predicted octanol–water partition coefficient (Wildman–Crippen LogP) is 1.54. The maximum atomic E-state index is 10.9. The highest BCUT2D eigenvalue weighted by Crippen LogP contribution is 2.16. The second-order valence-electron chi connectivity index (χ2n) is 3.59. The van der Waals surface area contributed by atoms with Gasteiger partial charge in [0.25, 0.3) is 0 Å². The lowest BCUT2D eigenvalue weighted by molar-refractivity contribution is -0.103. The first-order valence-electron chi connectivity index (χ1n) is 4.73. The Labute approximate surface area is 89.6 Å². The summed E-state index contributed by atoms with van der Waals surface area (Å²) in [5.74, 6) is 0.205. The number of aromatic hydroxyl groups is 1. The van der Waals surface area contributed by atoms with Crippen LogP contribution in [0.3, 0.4) is 0 Å². The van der Waals surface area contributed by atoms with Crippen molar-refractivity contribution < 1.29 is 9.90 Å². The van der Waals surface area contributed by atoms with E-state index in [1.807, 2.05) is 25.1 Å². The zero-order valence-electron chi connectivity index (χ0n) is 8.97. The topological polar surface area (TPSA) is 40.5 Å². The van der Waals surface area contributed by atoms with Gasteiger partial charge < -0.3 is 10.0 Å². The number of nitrogens with zero attached hydrogens (tertiary/aromatic N) is 1. The van der Waals surface area contributed by atoms with Crippen LogP contribution in [0.2, 0.25) is 0 Å². The molecule has 0 spiro atoms. The molecule has 1 aromatic rings. The number of likely N-dealkylation sites (N-methyl/N-ethyl adjacent to an activating group) is 1. The number of aldehydes is 1. The Morgan fingerprint density at radius 2 is 1.93 bits per heavy atom.